The van der Waals surface area contributed by atoms with E-state index in [0.717, 1.165) is 44.5 Å². The molecule has 0 atom stereocenters. The van der Waals surface area contributed by atoms with Crippen LogP contribution >= 0.6 is 23.8 Å². The van der Waals surface area contributed by atoms with Gasteiger partial charge in [0.2, 0.25) is 5.91 Å². The largest absolute Gasteiger partial charge is 0.429 e. The Morgan fingerprint density at radius 1 is 1.26 bits per heavy atom. The quantitative estimate of drug-likeness (QED) is 0.797. The van der Waals surface area contributed by atoms with E-state index in [-0.39, 0.29) is 0 Å². The number of hydrogen-bond acceptors (Lipinski definition) is 4. The van der Waals surface area contributed by atoms with Crippen LogP contribution in [0.5, 0.6) is 0 Å². The maximum atomic E-state index is 12.1. The van der Waals surface area contributed by atoms with E-state index in [1.807, 2.05) is 21.6 Å². The number of piperazine rings is 1. The van der Waals surface area contributed by atoms with Gasteiger partial charge in [-0.15, -0.1) is 0 Å². The first kappa shape index (κ1) is 15.2. The van der Waals surface area contributed by atoms with Gasteiger partial charge in [0.15, 0.2) is 5.58 Å². The number of carbonyl (C=O) groups is 1. The number of benzene rings is 1. The lowest BCUT2D eigenvalue weighted by Crippen LogP contribution is -2.49. The van der Waals surface area contributed by atoms with Gasteiger partial charge in [0, 0.05) is 43.2 Å². The number of oxazole rings is 1. The molecule has 2 fully saturated rings. The molecule has 4 rings (SSSR count). The summed E-state index contributed by atoms with van der Waals surface area (Å²) < 4.78 is 7.61. The van der Waals surface area contributed by atoms with Gasteiger partial charge in [-0.1, -0.05) is 11.6 Å². The first-order chi connectivity index (χ1) is 11.1. The van der Waals surface area contributed by atoms with Crippen LogP contribution in [-0.4, -0.2) is 46.5 Å². The highest BCUT2D eigenvalue weighted by atomic mass is 35.5. The summed E-state index contributed by atoms with van der Waals surface area (Å²) in [6.45, 7) is 3.99. The van der Waals surface area contributed by atoms with Gasteiger partial charge in [-0.2, -0.15) is 0 Å². The van der Waals surface area contributed by atoms with Crippen molar-refractivity contribution in [3.05, 3.63) is 28.1 Å². The average Bonchev–Trinajstić information content (AvgIpc) is 3.34. The molecular formula is C16H18ClN3O2S. The zero-order valence-electron chi connectivity index (χ0n) is 12.7. The molecule has 1 saturated heterocycles. The third-order valence-corrected chi connectivity index (χ3v) is 5.12. The van der Waals surface area contributed by atoms with Crippen LogP contribution in [-0.2, 0) is 11.5 Å². The fourth-order valence-corrected chi connectivity index (χ4v) is 3.48. The number of nitrogens with zero attached hydrogens (tertiary/aromatic N) is 3. The molecule has 0 N–H and O–H groups in total. The molecule has 1 saturated carbocycles. The highest BCUT2D eigenvalue weighted by Crippen LogP contribution is 2.31. The third-order valence-electron chi connectivity index (χ3n) is 4.58. The second-order valence-electron chi connectivity index (χ2n) is 6.27. The highest BCUT2D eigenvalue weighted by Gasteiger charge is 2.34. The SMILES string of the molecule is O=C(C1CC1)N1CCN(Cn2c(=S)oc3cc(Cl)ccc32)CC1. The minimum atomic E-state index is 0.303. The molecule has 1 amide bonds. The highest BCUT2D eigenvalue weighted by molar-refractivity contribution is 7.71. The lowest BCUT2D eigenvalue weighted by atomic mass is 10.2. The molecule has 0 bridgehead atoms. The zero-order chi connectivity index (χ0) is 16.0. The average molecular weight is 352 g/mol. The Bertz CT molecular complexity index is 803. The van der Waals surface area contributed by atoms with Crippen molar-refractivity contribution in [3.8, 4) is 0 Å². The Hall–Kier alpha value is -1.37. The Morgan fingerprint density at radius 3 is 2.70 bits per heavy atom. The minimum Gasteiger partial charge on any atom is -0.429 e. The van der Waals surface area contributed by atoms with Crippen molar-refractivity contribution < 1.29 is 9.21 Å². The normalized spacial score (nSPS) is 19.4. The lowest BCUT2D eigenvalue weighted by molar-refractivity contribution is -0.134. The van der Waals surface area contributed by atoms with Crippen LogP contribution in [0.25, 0.3) is 11.1 Å². The van der Waals surface area contributed by atoms with Crippen molar-refractivity contribution in [1.82, 2.24) is 14.4 Å². The first-order valence-electron chi connectivity index (χ1n) is 7.92. The maximum absolute atomic E-state index is 12.1. The molecule has 1 aromatic carbocycles. The van der Waals surface area contributed by atoms with Gasteiger partial charge in [0.1, 0.15) is 0 Å². The Kier molecular flexibility index (Phi) is 3.91. The first-order valence-corrected chi connectivity index (χ1v) is 8.70. The summed E-state index contributed by atoms with van der Waals surface area (Å²) in [6, 6.07) is 5.57. The molecule has 23 heavy (non-hydrogen) atoms. The standard InChI is InChI=1S/C16H18ClN3O2S/c17-12-3-4-13-14(9-12)22-16(23)20(13)10-18-5-7-19(8-6-18)15(21)11-1-2-11/h3-4,9,11H,1-2,5-8,10H2. The molecule has 2 aliphatic rings. The number of amides is 1. The second kappa shape index (κ2) is 5.92. The van der Waals surface area contributed by atoms with Crippen LogP contribution < -0.4 is 0 Å². The molecule has 0 unspecified atom stereocenters. The van der Waals surface area contributed by atoms with Crippen molar-refractivity contribution >= 4 is 40.8 Å². The van der Waals surface area contributed by atoms with Gasteiger partial charge >= 0.3 is 0 Å². The molecule has 0 spiro atoms. The number of rotatable bonds is 3. The van der Waals surface area contributed by atoms with Gasteiger partial charge in [0.25, 0.3) is 4.84 Å². The Balaban J connectivity index is 1.46. The number of carbonyl (C=O) groups excluding carboxylic acids is 1. The summed E-state index contributed by atoms with van der Waals surface area (Å²) in [5, 5.41) is 0.639. The topological polar surface area (TPSA) is 41.6 Å². The molecule has 7 heteroatoms. The van der Waals surface area contributed by atoms with E-state index in [0.29, 0.717) is 33.9 Å². The molecule has 1 aliphatic carbocycles. The van der Waals surface area contributed by atoms with Crippen molar-refractivity contribution in [1.29, 1.82) is 0 Å². The lowest BCUT2D eigenvalue weighted by Gasteiger charge is -2.34. The molecule has 2 heterocycles. The van der Waals surface area contributed by atoms with E-state index in [1.54, 1.807) is 6.07 Å². The minimum absolute atomic E-state index is 0.303. The molecular weight excluding hydrogens is 334 g/mol. The number of aromatic nitrogens is 1. The summed E-state index contributed by atoms with van der Waals surface area (Å²) >= 11 is 11.3. The smallest absolute Gasteiger partial charge is 0.270 e. The van der Waals surface area contributed by atoms with Gasteiger partial charge < -0.3 is 9.32 Å². The molecule has 0 radical (unpaired) electrons. The van der Waals surface area contributed by atoms with Crippen LogP contribution in [0.2, 0.25) is 5.02 Å². The van der Waals surface area contributed by atoms with Crippen LogP contribution in [0.15, 0.2) is 22.6 Å². The van der Waals surface area contributed by atoms with Gasteiger partial charge in [-0.25, -0.2) is 0 Å². The van der Waals surface area contributed by atoms with E-state index in [1.165, 1.54) is 0 Å². The number of halogens is 1. The van der Waals surface area contributed by atoms with Crippen LogP contribution in [0, 0.1) is 10.8 Å². The Labute approximate surface area is 144 Å². The van der Waals surface area contributed by atoms with Crippen molar-refractivity contribution in [2.24, 2.45) is 5.92 Å². The predicted molar refractivity (Wildman–Crippen MR) is 90.9 cm³/mol. The zero-order valence-corrected chi connectivity index (χ0v) is 14.3. The summed E-state index contributed by atoms with van der Waals surface area (Å²) in [4.78, 5) is 16.9. The second-order valence-corrected chi connectivity index (χ2v) is 7.05. The van der Waals surface area contributed by atoms with Crippen molar-refractivity contribution in [3.63, 3.8) is 0 Å². The van der Waals surface area contributed by atoms with Gasteiger partial charge in [-0.3, -0.25) is 14.3 Å². The summed E-state index contributed by atoms with van der Waals surface area (Å²) in [7, 11) is 0. The van der Waals surface area contributed by atoms with E-state index < -0.39 is 0 Å². The molecule has 122 valence electrons. The molecule has 5 nitrogen and oxygen atoms in total. The summed E-state index contributed by atoms with van der Waals surface area (Å²) in [5.41, 5.74) is 1.67. The van der Waals surface area contributed by atoms with Crippen molar-refractivity contribution in [2.75, 3.05) is 26.2 Å². The van der Waals surface area contributed by atoms with E-state index in [9.17, 15) is 4.79 Å². The maximum Gasteiger partial charge on any atom is 0.270 e. The third kappa shape index (κ3) is 3.03. The number of fused-ring (bicyclic) bond motifs is 1. The van der Waals surface area contributed by atoms with Crippen LogP contribution in [0.3, 0.4) is 0 Å². The van der Waals surface area contributed by atoms with Gasteiger partial charge in [0.05, 0.1) is 12.2 Å². The molecule has 1 aromatic heterocycles. The summed E-state index contributed by atoms with van der Waals surface area (Å²) in [5.74, 6) is 0.641. The van der Waals surface area contributed by atoms with Crippen molar-refractivity contribution in [2.45, 2.75) is 19.5 Å². The van der Waals surface area contributed by atoms with E-state index >= 15 is 0 Å². The van der Waals surface area contributed by atoms with E-state index in [2.05, 4.69) is 4.90 Å². The predicted octanol–water partition coefficient (Wildman–Crippen LogP) is 3.13. The number of hydrogen-bond donors (Lipinski definition) is 0. The fourth-order valence-electron chi connectivity index (χ4n) is 3.07. The monoisotopic (exact) mass is 351 g/mol. The van der Waals surface area contributed by atoms with E-state index in [4.69, 9.17) is 28.2 Å². The Morgan fingerprint density at radius 2 is 2.00 bits per heavy atom. The fraction of sp³-hybridized carbons (Fsp3) is 0.500. The van der Waals surface area contributed by atoms with Gasteiger partial charge in [-0.05, 0) is 37.2 Å². The molecule has 1 aliphatic heterocycles. The van der Waals surface area contributed by atoms with Crippen LogP contribution in [0.4, 0.5) is 0 Å². The molecule has 2 aromatic rings. The van der Waals surface area contributed by atoms with Crippen LogP contribution in [0.1, 0.15) is 12.8 Å². The summed E-state index contributed by atoms with van der Waals surface area (Å²) in [6.07, 6.45) is 2.13.